The number of rotatable bonds is 5. The average molecular weight is 291 g/mol. The zero-order chi connectivity index (χ0) is 15.2. The number of amides is 1. The Bertz CT molecular complexity index is 482. The van der Waals surface area contributed by atoms with Gasteiger partial charge in [-0.1, -0.05) is 6.92 Å². The fraction of sp³-hybridized carbons (Fsp3) is 0.562. The van der Waals surface area contributed by atoms with Gasteiger partial charge in [0.2, 0.25) is 0 Å². The van der Waals surface area contributed by atoms with Gasteiger partial charge < -0.3 is 15.4 Å². The highest BCUT2D eigenvalue weighted by molar-refractivity contribution is 5.95. The van der Waals surface area contributed by atoms with E-state index < -0.39 is 0 Å². The largest absolute Gasteiger partial charge is 0.492 e. The Morgan fingerprint density at radius 2 is 1.95 bits per heavy atom. The fourth-order valence-corrected chi connectivity index (χ4v) is 2.64. The monoisotopic (exact) mass is 291 g/mol. The van der Waals surface area contributed by atoms with E-state index in [-0.39, 0.29) is 5.91 Å². The molecule has 0 aliphatic carbocycles. The summed E-state index contributed by atoms with van der Waals surface area (Å²) < 4.78 is 5.40. The van der Waals surface area contributed by atoms with Crippen LogP contribution in [0, 0.1) is 0 Å². The van der Waals surface area contributed by atoms with Crippen molar-refractivity contribution in [1.82, 2.24) is 9.80 Å². The molecule has 116 valence electrons. The van der Waals surface area contributed by atoms with Crippen LogP contribution in [-0.2, 0) is 0 Å². The van der Waals surface area contributed by atoms with Crippen molar-refractivity contribution in [1.29, 1.82) is 0 Å². The van der Waals surface area contributed by atoms with Crippen LogP contribution in [0.5, 0.6) is 5.75 Å². The van der Waals surface area contributed by atoms with Crippen molar-refractivity contribution in [3.05, 3.63) is 23.8 Å². The molecule has 2 rings (SSSR count). The van der Waals surface area contributed by atoms with E-state index in [0.717, 1.165) is 39.1 Å². The molecule has 1 aliphatic rings. The summed E-state index contributed by atoms with van der Waals surface area (Å²) in [5.41, 5.74) is 7.09. The fourth-order valence-electron chi connectivity index (χ4n) is 2.64. The predicted molar refractivity (Wildman–Crippen MR) is 84.7 cm³/mol. The highest BCUT2D eigenvalue weighted by atomic mass is 16.5. The van der Waals surface area contributed by atoms with Crippen molar-refractivity contribution in [3.8, 4) is 5.75 Å². The first kappa shape index (κ1) is 15.6. The second kappa shape index (κ2) is 7.31. The number of anilines is 1. The Hall–Kier alpha value is -1.75. The lowest BCUT2D eigenvalue weighted by Gasteiger charge is -2.34. The lowest BCUT2D eigenvalue weighted by atomic mass is 10.1. The number of hydrogen-bond donors (Lipinski definition) is 1. The van der Waals surface area contributed by atoms with Crippen molar-refractivity contribution in [2.75, 3.05) is 45.1 Å². The summed E-state index contributed by atoms with van der Waals surface area (Å²) in [6.45, 7) is 9.24. The second-order valence-corrected chi connectivity index (χ2v) is 5.32. The predicted octanol–water partition coefficient (Wildman–Crippen LogP) is 1.84. The number of nitrogen functional groups attached to an aromatic ring is 1. The minimum atomic E-state index is 0.0564. The molecule has 0 aromatic heterocycles. The summed E-state index contributed by atoms with van der Waals surface area (Å²) in [4.78, 5) is 16.8. The summed E-state index contributed by atoms with van der Waals surface area (Å²) in [5.74, 6) is 0.697. The van der Waals surface area contributed by atoms with Gasteiger partial charge in [0, 0.05) is 31.7 Å². The molecular weight excluding hydrogens is 266 g/mol. The van der Waals surface area contributed by atoms with Gasteiger partial charge in [0.25, 0.3) is 5.91 Å². The summed E-state index contributed by atoms with van der Waals surface area (Å²) >= 11 is 0. The van der Waals surface area contributed by atoms with Crippen LogP contribution in [0.1, 0.15) is 30.6 Å². The molecule has 1 amide bonds. The lowest BCUT2D eigenvalue weighted by Crippen LogP contribution is -2.48. The summed E-state index contributed by atoms with van der Waals surface area (Å²) in [6.07, 6.45) is 1.16. The molecule has 1 aromatic rings. The van der Waals surface area contributed by atoms with Gasteiger partial charge in [-0.25, -0.2) is 0 Å². The first-order chi connectivity index (χ1) is 10.2. The first-order valence-corrected chi connectivity index (χ1v) is 7.69. The zero-order valence-corrected chi connectivity index (χ0v) is 13.0. The van der Waals surface area contributed by atoms with E-state index in [0.29, 0.717) is 23.6 Å². The third-order valence-electron chi connectivity index (χ3n) is 3.76. The minimum Gasteiger partial charge on any atom is -0.492 e. The lowest BCUT2D eigenvalue weighted by molar-refractivity contribution is 0.0637. The molecule has 0 saturated carbocycles. The molecule has 5 nitrogen and oxygen atoms in total. The third kappa shape index (κ3) is 3.88. The molecule has 0 bridgehead atoms. The quantitative estimate of drug-likeness (QED) is 0.841. The highest BCUT2D eigenvalue weighted by Crippen LogP contribution is 2.23. The summed E-state index contributed by atoms with van der Waals surface area (Å²) in [6, 6.07) is 5.28. The van der Waals surface area contributed by atoms with E-state index in [9.17, 15) is 4.79 Å². The normalized spacial score (nSPS) is 16.0. The Kier molecular flexibility index (Phi) is 5.44. The molecule has 5 heteroatoms. The summed E-state index contributed by atoms with van der Waals surface area (Å²) in [5, 5.41) is 0. The number of nitrogens with zero attached hydrogens (tertiary/aromatic N) is 2. The average Bonchev–Trinajstić information content (AvgIpc) is 2.50. The molecule has 1 saturated heterocycles. The molecule has 0 atom stereocenters. The van der Waals surface area contributed by atoms with E-state index in [1.165, 1.54) is 0 Å². The van der Waals surface area contributed by atoms with Gasteiger partial charge >= 0.3 is 0 Å². The van der Waals surface area contributed by atoms with Crippen molar-refractivity contribution >= 4 is 11.6 Å². The van der Waals surface area contributed by atoms with Gasteiger partial charge in [0.05, 0.1) is 12.3 Å². The van der Waals surface area contributed by atoms with Gasteiger partial charge in [-0.05, 0) is 38.1 Å². The number of hydrogen-bond acceptors (Lipinski definition) is 4. The van der Waals surface area contributed by atoms with E-state index in [4.69, 9.17) is 10.5 Å². The maximum absolute atomic E-state index is 12.5. The maximum Gasteiger partial charge on any atom is 0.254 e. The van der Waals surface area contributed by atoms with Crippen molar-refractivity contribution in [3.63, 3.8) is 0 Å². The number of carbonyl (C=O) groups excluding carboxylic acids is 1. The van der Waals surface area contributed by atoms with E-state index in [2.05, 4.69) is 11.8 Å². The van der Waals surface area contributed by atoms with Crippen LogP contribution in [0.2, 0.25) is 0 Å². The van der Waals surface area contributed by atoms with E-state index in [1.54, 1.807) is 18.2 Å². The number of piperazine rings is 1. The molecule has 1 aliphatic heterocycles. The van der Waals surface area contributed by atoms with Crippen LogP contribution in [0.3, 0.4) is 0 Å². The minimum absolute atomic E-state index is 0.0564. The maximum atomic E-state index is 12.5. The van der Waals surface area contributed by atoms with Gasteiger partial charge in [-0.3, -0.25) is 9.69 Å². The van der Waals surface area contributed by atoms with Crippen LogP contribution in [0.4, 0.5) is 5.69 Å². The second-order valence-electron chi connectivity index (χ2n) is 5.32. The van der Waals surface area contributed by atoms with Crippen molar-refractivity contribution < 1.29 is 9.53 Å². The Balaban J connectivity index is 1.99. The number of nitrogens with two attached hydrogens (primary N) is 1. The van der Waals surface area contributed by atoms with Crippen LogP contribution < -0.4 is 10.5 Å². The molecular formula is C16H25N3O2. The molecule has 21 heavy (non-hydrogen) atoms. The Labute approximate surface area is 126 Å². The standard InChI is InChI=1S/C16H25N3O2/c1-3-7-18-8-10-19(11-9-18)16(20)13-5-6-15(21-4-2)14(17)12-13/h5-6,12H,3-4,7-11,17H2,1-2H3. The number of benzene rings is 1. The molecule has 1 heterocycles. The van der Waals surface area contributed by atoms with Crippen LogP contribution in [0.25, 0.3) is 0 Å². The molecule has 2 N–H and O–H groups in total. The molecule has 0 spiro atoms. The SMILES string of the molecule is CCCN1CCN(C(=O)c2ccc(OCC)c(N)c2)CC1. The van der Waals surface area contributed by atoms with E-state index >= 15 is 0 Å². The van der Waals surface area contributed by atoms with Crippen LogP contribution >= 0.6 is 0 Å². The topological polar surface area (TPSA) is 58.8 Å². The smallest absolute Gasteiger partial charge is 0.254 e. The number of carbonyl (C=O) groups is 1. The van der Waals surface area contributed by atoms with Gasteiger partial charge in [-0.2, -0.15) is 0 Å². The Morgan fingerprint density at radius 3 is 2.52 bits per heavy atom. The molecule has 0 unspecified atom stereocenters. The molecule has 1 aromatic carbocycles. The highest BCUT2D eigenvalue weighted by Gasteiger charge is 2.22. The van der Waals surface area contributed by atoms with Gasteiger partial charge in [0.15, 0.2) is 0 Å². The van der Waals surface area contributed by atoms with Crippen molar-refractivity contribution in [2.45, 2.75) is 20.3 Å². The molecule has 1 fully saturated rings. The number of ether oxygens (including phenoxy) is 1. The van der Waals surface area contributed by atoms with Gasteiger partial charge in [0.1, 0.15) is 5.75 Å². The van der Waals surface area contributed by atoms with E-state index in [1.807, 2.05) is 11.8 Å². The third-order valence-corrected chi connectivity index (χ3v) is 3.76. The van der Waals surface area contributed by atoms with Crippen molar-refractivity contribution in [2.24, 2.45) is 0 Å². The molecule has 0 radical (unpaired) electrons. The Morgan fingerprint density at radius 1 is 1.24 bits per heavy atom. The van der Waals surface area contributed by atoms with Crippen LogP contribution in [0.15, 0.2) is 18.2 Å². The van der Waals surface area contributed by atoms with Gasteiger partial charge in [-0.15, -0.1) is 0 Å². The van der Waals surface area contributed by atoms with Crippen LogP contribution in [-0.4, -0.2) is 55.0 Å². The first-order valence-electron chi connectivity index (χ1n) is 7.69. The summed E-state index contributed by atoms with van der Waals surface area (Å²) in [7, 11) is 0. The zero-order valence-electron chi connectivity index (χ0n) is 13.0.